The summed E-state index contributed by atoms with van der Waals surface area (Å²) >= 11 is 4.03. The summed E-state index contributed by atoms with van der Waals surface area (Å²) in [6, 6.07) is 6.71. The number of esters is 1. The number of anilines is 1. The van der Waals surface area contributed by atoms with E-state index in [9.17, 15) is 9.59 Å². The van der Waals surface area contributed by atoms with Crippen LogP contribution >= 0.6 is 35.1 Å². The fourth-order valence-electron chi connectivity index (χ4n) is 1.53. The predicted molar refractivity (Wildman–Crippen MR) is 88.8 cm³/mol. The molecule has 0 aliphatic heterocycles. The number of nitrogens with one attached hydrogen (secondary N) is 1. The minimum Gasteiger partial charge on any atom is -0.465 e. The van der Waals surface area contributed by atoms with Gasteiger partial charge in [0, 0.05) is 0 Å². The van der Waals surface area contributed by atoms with Crippen molar-refractivity contribution >= 4 is 52.6 Å². The van der Waals surface area contributed by atoms with Crippen LogP contribution in [-0.2, 0) is 9.53 Å². The van der Waals surface area contributed by atoms with Crippen LogP contribution in [0.5, 0.6) is 0 Å². The van der Waals surface area contributed by atoms with E-state index in [0.717, 1.165) is 4.34 Å². The third kappa shape index (κ3) is 4.46. The van der Waals surface area contributed by atoms with E-state index in [4.69, 9.17) is 0 Å². The number of hydrogen-bond donors (Lipinski definition) is 1. The fraction of sp³-hybridized carbons (Fsp3) is 0.231. The third-order valence-electron chi connectivity index (χ3n) is 2.50. The Bertz CT molecular complexity index is 675. The molecule has 116 valence electrons. The smallest absolute Gasteiger partial charge is 0.339 e. The van der Waals surface area contributed by atoms with Crippen LogP contribution in [0.3, 0.4) is 0 Å². The first-order valence-corrected chi connectivity index (χ1v) is 9.10. The normalized spacial score (nSPS) is 10.3. The molecule has 2 aromatic rings. The highest BCUT2D eigenvalue weighted by Gasteiger charge is 2.14. The summed E-state index contributed by atoms with van der Waals surface area (Å²) in [5, 5.41) is 3.41. The summed E-state index contributed by atoms with van der Waals surface area (Å²) in [6.07, 6.45) is 1.90. The standard InChI is InChI=1S/C13H13N3O3S3/c1-19-11(18)8-5-3-4-6-9(8)14-10(17)7-21-13-15-12(20-2)16-22-13/h3-6H,7H2,1-2H3,(H,14,17). The Kier molecular flexibility index (Phi) is 6.22. The zero-order chi connectivity index (χ0) is 15.9. The first kappa shape index (κ1) is 16.8. The Morgan fingerprint density at radius 2 is 2.14 bits per heavy atom. The fourth-order valence-corrected chi connectivity index (χ4v) is 3.54. The number of benzene rings is 1. The van der Waals surface area contributed by atoms with Gasteiger partial charge in [0.05, 0.1) is 24.1 Å². The van der Waals surface area contributed by atoms with Crippen LogP contribution in [-0.4, -0.2) is 40.4 Å². The summed E-state index contributed by atoms with van der Waals surface area (Å²) in [7, 11) is 1.30. The van der Waals surface area contributed by atoms with E-state index in [0.29, 0.717) is 16.4 Å². The number of para-hydroxylation sites is 1. The largest absolute Gasteiger partial charge is 0.465 e. The van der Waals surface area contributed by atoms with Crippen LogP contribution in [0.25, 0.3) is 0 Å². The Balaban J connectivity index is 1.96. The number of nitrogens with zero attached hydrogens (tertiary/aromatic N) is 2. The Morgan fingerprint density at radius 1 is 1.36 bits per heavy atom. The molecule has 9 heteroatoms. The van der Waals surface area contributed by atoms with Crippen molar-refractivity contribution in [3.63, 3.8) is 0 Å². The molecule has 0 aliphatic rings. The molecule has 0 bridgehead atoms. The molecule has 0 aliphatic carbocycles. The first-order valence-electron chi connectivity index (χ1n) is 6.11. The van der Waals surface area contributed by atoms with Gasteiger partial charge >= 0.3 is 5.97 Å². The maximum Gasteiger partial charge on any atom is 0.339 e. The van der Waals surface area contributed by atoms with Gasteiger partial charge in [-0.1, -0.05) is 35.7 Å². The van der Waals surface area contributed by atoms with Crippen LogP contribution < -0.4 is 5.32 Å². The van der Waals surface area contributed by atoms with Crippen molar-refractivity contribution in [2.24, 2.45) is 0 Å². The molecule has 1 N–H and O–H groups in total. The number of thioether (sulfide) groups is 2. The third-order valence-corrected chi connectivity index (χ3v) is 5.00. The van der Waals surface area contributed by atoms with Gasteiger partial charge in [0.2, 0.25) is 11.1 Å². The maximum atomic E-state index is 12.0. The molecule has 2 rings (SSSR count). The minimum atomic E-state index is -0.489. The minimum absolute atomic E-state index is 0.193. The lowest BCUT2D eigenvalue weighted by Crippen LogP contribution is -2.17. The van der Waals surface area contributed by atoms with Gasteiger partial charge in [0.1, 0.15) is 0 Å². The molecule has 1 aromatic carbocycles. The van der Waals surface area contributed by atoms with E-state index < -0.39 is 5.97 Å². The van der Waals surface area contributed by atoms with Gasteiger partial charge < -0.3 is 10.1 Å². The second-order valence-electron chi connectivity index (χ2n) is 3.92. The second kappa shape index (κ2) is 8.16. The van der Waals surface area contributed by atoms with Gasteiger partial charge in [-0.2, -0.15) is 4.37 Å². The lowest BCUT2D eigenvalue weighted by molar-refractivity contribution is -0.113. The van der Waals surface area contributed by atoms with Gasteiger partial charge in [-0.3, -0.25) is 4.79 Å². The number of ether oxygens (including phenoxy) is 1. The molecule has 0 fully saturated rings. The van der Waals surface area contributed by atoms with Crippen molar-refractivity contribution in [3.8, 4) is 0 Å². The van der Waals surface area contributed by atoms with Gasteiger partial charge in [0.15, 0.2) is 4.34 Å². The summed E-state index contributed by atoms with van der Waals surface area (Å²) in [5.74, 6) is -0.516. The molecule has 0 spiro atoms. The van der Waals surface area contributed by atoms with E-state index in [1.165, 1.54) is 42.2 Å². The average molecular weight is 355 g/mol. The quantitative estimate of drug-likeness (QED) is 0.630. The molecule has 6 nitrogen and oxygen atoms in total. The SMILES string of the molecule is COC(=O)c1ccccc1NC(=O)CSc1nc(SC)ns1. The van der Waals surface area contributed by atoms with Crippen molar-refractivity contribution in [3.05, 3.63) is 29.8 Å². The lowest BCUT2D eigenvalue weighted by Gasteiger charge is -2.08. The number of aromatic nitrogens is 2. The van der Waals surface area contributed by atoms with Gasteiger partial charge in [0.25, 0.3) is 0 Å². The highest BCUT2D eigenvalue weighted by atomic mass is 32.2. The Hall–Kier alpha value is -1.58. The van der Waals surface area contributed by atoms with Crippen LogP contribution in [0.1, 0.15) is 10.4 Å². The molecule has 0 saturated carbocycles. The van der Waals surface area contributed by atoms with E-state index in [1.54, 1.807) is 24.3 Å². The van der Waals surface area contributed by atoms with Crippen molar-refractivity contribution in [2.75, 3.05) is 24.4 Å². The number of amides is 1. The Labute approximate surface area is 140 Å². The zero-order valence-electron chi connectivity index (χ0n) is 11.9. The molecule has 0 atom stereocenters. The topological polar surface area (TPSA) is 81.2 Å². The number of carbonyl (C=O) groups excluding carboxylic acids is 2. The van der Waals surface area contributed by atoms with E-state index >= 15 is 0 Å². The molecule has 1 aromatic heterocycles. The van der Waals surface area contributed by atoms with Crippen molar-refractivity contribution in [1.29, 1.82) is 0 Å². The molecule has 1 heterocycles. The number of rotatable bonds is 6. The Morgan fingerprint density at radius 3 is 2.82 bits per heavy atom. The van der Waals surface area contributed by atoms with Gasteiger partial charge in [-0.15, -0.1) is 0 Å². The zero-order valence-corrected chi connectivity index (χ0v) is 14.3. The molecule has 0 unspecified atom stereocenters. The van der Waals surface area contributed by atoms with E-state index in [1.807, 2.05) is 6.26 Å². The average Bonchev–Trinajstić information content (AvgIpc) is 3.01. The highest BCUT2D eigenvalue weighted by Crippen LogP contribution is 2.24. The lowest BCUT2D eigenvalue weighted by atomic mass is 10.2. The van der Waals surface area contributed by atoms with Crippen LogP contribution in [0.4, 0.5) is 5.69 Å². The molecule has 0 saturated heterocycles. The van der Waals surface area contributed by atoms with E-state index in [-0.39, 0.29) is 11.7 Å². The molecular weight excluding hydrogens is 342 g/mol. The molecule has 0 radical (unpaired) electrons. The second-order valence-corrected chi connectivity index (χ2v) is 6.67. The monoisotopic (exact) mass is 355 g/mol. The van der Waals surface area contributed by atoms with Crippen molar-refractivity contribution < 1.29 is 14.3 Å². The first-order chi connectivity index (χ1) is 10.6. The number of methoxy groups -OCH3 is 1. The van der Waals surface area contributed by atoms with Crippen molar-refractivity contribution in [2.45, 2.75) is 9.50 Å². The summed E-state index contributed by atoms with van der Waals surface area (Å²) in [5.41, 5.74) is 0.756. The van der Waals surface area contributed by atoms with Crippen LogP contribution in [0.15, 0.2) is 33.8 Å². The summed E-state index contributed by atoms with van der Waals surface area (Å²) in [6.45, 7) is 0. The molecule has 22 heavy (non-hydrogen) atoms. The number of carbonyl (C=O) groups is 2. The van der Waals surface area contributed by atoms with Gasteiger partial charge in [-0.05, 0) is 29.9 Å². The highest BCUT2D eigenvalue weighted by molar-refractivity contribution is 8.01. The predicted octanol–water partition coefficient (Wildman–Crippen LogP) is 2.78. The molecule has 1 amide bonds. The summed E-state index contributed by atoms with van der Waals surface area (Å²) in [4.78, 5) is 27.9. The maximum absolute atomic E-state index is 12.0. The summed E-state index contributed by atoms with van der Waals surface area (Å²) < 4.78 is 9.55. The number of hydrogen-bond acceptors (Lipinski definition) is 8. The van der Waals surface area contributed by atoms with Crippen LogP contribution in [0, 0.1) is 0 Å². The van der Waals surface area contributed by atoms with E-state index in [2.05, 4.69) is 19.4 Å². The van der Waals surface area contributed by atoms with Gasteiger partial charge in [-0.25, -0.2) is 9.78 Å². The van der Waals surface area contributed by atoms with Crippen LogP contribution in [0.2, 0.25) is 0 Å². The van der Waals surface area contributed by atoms with Crippen molar-refractivity contribution in [1.82, 2.24) is 9.36 Å². The molecular formula is C13H13N3O3S3.